The molecule has 1 saturated carbocycles. The quantitative estimate of drug-likeness (QED) is 0.402. The summed E-state index contributed by atoms with van der Waals surface area (Å²) in [7, 11) is 0. The highest BCUT2D eigenvalue weighted by Crippen LogP contribution is 2.44. The number of para-hydroxylation sites is 2. The Morgan fingerprint density at radius 2 is 1.58 bits per heavy atom. The number of anilines is 1. The molecule has 3 N–H and O–H groups in total. The maximum absolute atomic E-state index is 13.9. The molecule has 3 aliphatic rings. The summed E-state index contributed by atoms with van der Waals surface area (Å²) in [4.78, 5) is 21.5. The summed E-state index contributed by atoms with van der Waals surface area (Å²) >= 11 is 0. The lowest BCUT2D eigenvalue weighted by Crippen LogP contribution is -2.50. The van der Waals surface area contributed by atoms with E-state index in [1.807, 2.05) is 28.8 Å². The molecule has 3 aromatic rings. The number of aromatic nitrogens is 2. The van der Waals surface area contributed by atoms with Crippen LogP contribution in [-0.4, -0.2) is 42.8 Å². The van der Waals surface area contributed by atoms with Gasteiger partial charge in [-0.05, 0) is 68.4 Å². The Bertz CT molecular complexity index is 1320. The summed E-state index contributed by atoms with van der Waals surface area (Å²) in [5, 5.41) is 22.7. The van der Waals surface area contributed by atoms with Crippen molar-refractivity contribution in [1.29, 1.82) is 0 Å². The fraction of sp³-hybridized carbons (Fsp3) is 0.548. The second kappa shape index (κ2) is 11.1. The smallest absolute Gasteiger partial charge is 0.294 e. The van der Waals surface area contributed by atoms with Gasteiger partial charge in [-0.1, -0.05) is 50.3 Å². The highest BCUT2D eigenvalue weighted by atomic mass is 16.3. The predicted octanol–water partition coefficient (Wildman–Crippen LogP) is 5.49. The SMILES string of the molecule is O=c1c(NCc2ccc(O)c(CO)c2)nc2ccccc2n1C1CC2CC[C@@H](C1)N2C1CCCCCCC1. The first kappa shape index (κ1) is 25.4. The van der Waals surface area contributed by atoms with Crippen LogP contribution in [-0.2, 0) is 13.2 Å². The number of hydrogen-bond donors (Lipinski definition) is 3. The van der Waals surface area contributed by atoms with Crippen molar-refractivity contribution < 1.29 is 10.2 Å². The molecule has 2 aromatic carbocycles. The van der Waals surface area contributed by atoms with E-state index < -0.39 is 0 Å². The van der Waals surface area contributed by atoms with E-state index in [0.717, 1.165) is 29.4 Å². The van der Waals surface area contributed by atoms with Crippen LogP contribution in [0, 0.1) is 0 Å². The molecule has 0 spiro atoms. The van der Waals surface area contributed by atoms with Gasteiger partial charge in [-0.25, -0.2) is 4.98 Å². The van der Waals surface area contributed by atoms with Crippen LogP contribution in [0.5, 0.6) is 5.75 Å². The van der Waals surface area contributed by atoms with E-state index in [1.165, 1.54) is 57.8 Å². The second-order valence-electron chi connectivity index (χ2n) is 11.6. The number of nitrogens with zero attached hydrogens (tertiary/aromatic N) is 3. The molecule has 2 unspecified atom stereocenters. The number of rotatable bonds is 6. The van der Waals surface area contributed by atoms with E-state index in [9.17, 15) is 15.0 Å². The third-order valence-corrected chi connectivity index (χ3v) is 9.20. The molecule has 2 aliphatic heterocycles. The van der Waals surface area contributed by atoms with Gasteiger partial charge in [0.15, 0.2) is 5.82 Å². The number of piperidine rings is 1. The van der Waals surface area contributed by atoms with Crippen molar-refractivity contribution in [2.24, 2.45) is 0 Å². The summed E-state index contributed by atoms with van der Waals surface area (Å²) in [6.45, 7) is 0.155. The average molecular weight is 517 g/mol. The predicted molar refractivity (Wildman–Crippen MR) is 150 cm³/mol. The third kappa shape index (κ3) is 4.94. The summed E-state index contributed by atoms with van der Waals surface area (Å²) in [6, 6.07) is 15.1. The van der Waals surface area contributed by atoms with Crippen LogP contribution in [0.1, 0.15) is 87.8 Å². The van der Waals surface area contributed by atoms with Crippen molar-refractivity contribution in [2.45, 2.75) is 108 Å². The van der Waals surface area contributed by atoms with Crippen molar-refractivity contribution >= 4 is 16.9 Å². The maximum Gasteiger partial charge on any atom is 0.294 e. The molecule has 2 bridgehead atoms. The zero-order chi connectivity index (χ0) is 26.1. The van der Waals surface area contributed by atoms with Crippen LogP contribution in [0.25, 0.3) is 11.0 Å². The number of benzene rings is 2. The zero-order valence-corrected chi connectivity index (χ0v) is 22.2. The number of aromatic hydroxyl groups is 1. The van der Waals surface area contributed by atoms with E-state index in [1.54, 1.807) is 18.2 Å². The first-order chi connectivity index (χ1) is 18.6. The molecular formula is C31H40N4O3. The summed E-state index contributed by atoms with van der Waals surface area (Å²) in [6.07, 6.45) is 14.1. The molecule has 7 heteroatoms. The number of aliphatic hydroxyl groups is 1. The van der Waals surface area contributed by atoms with Crippen LogP contribution in [0.15, 0.2) is 47.3 Å². The first-order valence-corrected chi connectivity index (χ1v) is 14.6. The Morgan fingerprint density at radius 1 is 0.868 bits per heavy atom. The van der Waals surface area contributed by atoms with E-state index >= 15 is 0 Å². The molecule has 3 fully saturated rings. The molecular weight excluding hydrogens is 476 g/mol. The topological polar surface area (TPSA) is 90.6 Å². The van der Waals surface area contributed by atoms with Gasteiger partial charge in [0, 0.05) is 36.3 Å². The largest absolute Gasteiger partial charge is 0.508 e. The number of hydrogen-bond acceptors (Lipinski definition) is 6. The third-order valence-electron chi connectivity index (χ3n) is 9.20. The van der Waals surface area contributed by atoms with Crippen molar-refractivity contribution in [2.75, 3.05) is 5.32 Å². The molecule has 3 atom stereocenters. The van der Waals surface area contributed by atoms with Gasteiger partial charge in [-0.3, -0.25) is 9.69 Å². The molecule has 0 radical (unpaired) electrons. The fourth-order valence-corrected chi connectivity index (χ4v) is 7.42. The summed E-state index contributed by atoms with van der Waals surface area (Å²) < 4.78 is 2.03. The number of aliphatic hydroxyl groups excluding tert-OH is 1. The van der Waals surface area contributed by atoms with E-state index in [2.05, 4.69) is 10.2 Å². The Morgan fingerprint density at radius 3 is 2.32 bits per heavy atom. The molecule has 7 nitrogen and oxygen atoms in total. The number of nitrogens with one attached hydrogen (secondary N) is 1. The molecule has 3 heterocycles. The van der Waals surface area contributed by atoms with Crippen molar-refractivity contribution in [3.8, 4) is 5.75 Å². The van der Waals surface area contributed by atoms with E-state index in [4.69, 9.17) is 4.98 Å². The standard InChI is InChI=1S/C31H40N4O3/c36-20-22-16-21(12-15-29(22)37)19-32-30-31(38)35(28-11-7-6-10-27(28)33-30)26-17-24-13-14-25(18-26)34(24)23-8-4-2-1-3-5-9-23/h6-7,10-12,15-16,23-26,36-37H,1-5,8-9,13-14,17-20H2,(H,32,33)/t24-,25?,26?/m0/s1. The van der Waals surface area contributed by atoms with E-state index in [-0.39, 0.29) is 24.0 Å². The maximum atomic E-state index is 13.9. The number of phenols is 1. The van der Waals surface area contributed by atoms with Crippen LogP contribution < -0.4 is 10.9 Å². The van der Waals surface area contributed by atoms with Gasteiger partial charge in [-0.2, -0.15) is 0 Å². The Balaban J connectivity index is 1.27. The minimum Gasteiger partial charge on any atom is -0.508 e. The van der Waals surface area contributed by atoms with Gasteiger partial charge in [-0.15, -0.1) is 0 Å². The molecule has 1 aliphatic carbocycles. The minimum atomic E-state index is -0.234. The Hall–Kier alpha value is -2.90. The lowest BCUT2D eigenvalue weighted by Gasteiger charge is -2.45. The van der Waals surface area contributed by atoms with Crippen LogP contribution >= 0.6 is 0 Å². The lowest BCUT2D eigenvalue weighted by molar-refractivity contribution is 0.0498. The molecule has 2 saturated heterocycles. The molecule has 38 heavy (non-hydrogen) atoms. The Kier molecular flexibility index (Phi) is 7.39. The molecule has 6 rings (SSSR count). The monoisotopic (exact) mass is 516 g/mol. The van der Waals surface area contributed by atoms with Gasteiger partial charge >= 0.3 is 0 Å². The number of fused-ring (bicyclic) bond motifs is 3. The fourth-order valence-electron chi connectivity index (χ4n) is 7.42. The molecule has 202 valence electrons. The van der Waals surface area contributed by atoms with Crippen LogP contribution in [0.2, 0.25) is 0 Å². The second-order valence-corrected chi connectivity index (χ2v) is 11.6. The lowest BCUT2D eigenvalue weighted by atomic mass is 9.89. The van der Waals surface area contributed by atoms with Gasteiger partial charge in [0.2, 0.25) is 0 Å². The zero-order valence-electron chi connectivity index (χ0n) is 22.2. The van der Waals surface area contributed by atoms with Gasteiger partial charge in [0.1, 0.15) is 5.75 Å². The van der Waals surface area contributed by atoms with Gasteiger partial charge < -0.3 is 20.1 Å². The highest BCUT2D eigenvalue weighted by Gasteiger charge is 2.44. The van der Waals surface area contributed by atoms with Crippen molar-refractivity contribution in [3.63, 3.8) is 0 Å². The highest BCUT2D eigenvalue weighted by molar-refractivity contribution is 5.76. The first-order valence-electron chi connectivity index (χ1n) is 14.6. The van der Waals surface area contributed by atoms with Crippen LogP contribution in [0.4, 0.5) is 5.82 Å². The Labute approximate surface area is 224 Å². The normalized spacial score (nSPS) is 24.8. The van der Waals surface area contributed by atoms with Gasteiger partial charge in [0.25, 0.3) is 5.56 Å². The minimum absolute atomic E-state index is 0.0614. The molecule has 0 amide bonds. The molecule has 1 aromatic heterocycles. The summed E-state index contributed by atoms with van der Waals surface area (Å²) in [5.74, 6) is 0.430. The van der Waals surface area contributed by atoms with Crippen molar-refractivity contribution in [3.05, 3.63) is 63.9 Å². The van der Waals surface area contributed by atoms with Crippen LogP contribution in [0.3, 0.4) is 0 Å². The average Bonchev–Trinajstić information content (AvgIpc) is 3.16. The van der Waals surface area contributed by atoms with Crippen molar-refractivity contribution in [1.82, 2.24) is 14.5 Å². The van der Waals surface area contributed by atoms with E-state index in [0.29, 0.717) is 36.1 Å². The van der Waals surface area contributed by atoms with Gasteiger partial charge in [0.05, 0.1) is 17.6 Å². The summed E-state index contributed by atoms with van der Waals surface area (Å²) in [5.41, 5.74) is 3.02.